The van der Waals surface area contributed by atoms with Crippen molar-refractivity contribution < 1.29 is 17.5 Å². The molecule has 0 fully saturated rings. The molecule has 0 amide bonds. The maximum atomic E-state index is 15.2. The summed E-state index contributed by atoms with van der Waals surface area (Å²) in [5.41, 5.74) is 1.40. The molecule has 0 radical (unpaired) electrons. The second-order valence-electron chi connectivity index (χ2n) is 7.08. The molecule has 0 aliphatic carbocycles. The summed E-state index contributed by atoms with van der Waals surface area (Å²) in [6.07, 6.45) is 6.62. The maximum absolute atomic E-state index is 15.2. The largest absolute Gasteiger partial charge is 0.457 e. The minimum atomic E-state index is -3.65. The third kappa shape index (κ3) is 3.89. The summed E-state index contributed by atoms with van der Waals surface area (Å²) in [6.45, 7) is 1.58. The van der Waals surface area contributed by atoms with Gasteiger partial charge in [-0.2, -0.15) is 5.10 Å². The molecule has 33 heavy (non-hydrogen) atoms. The molecule has 0 aliphatic heterocycles. The van der Waals surface area contributed by atoms with E-state index in [0.717, 1.165) is 6.26 Å². The molecule has 4 heterocycles. The summed E-state index contributed by atoms with van der Waals surface area (Å²) in [4.78, 5) is 20.1. The van der Waals surface area contributed by atoms with E-state index in [0.29, 0.717) is 22.7 Å². The Bertz CT molecular complexity index is 1640. The van der Waals surface area contributed by atoms with Crippen LogP contribution in [-0.2, 0) is 9.84 Å². The Morgan fingerprint density at radius 2 is 1.94 bits per heavy atom. The highest BCUT2D eigenvalue weighted by Crippen LogP contribution is 2.32. The number of ether oxygens (including phenoxy) is 1. The van der Waals surface area contributed by atoms with E-state index >= 15 is 4.39 Å². The number of anilines is 2. The van der Waals surface area contributed by atoms with E-state index < -0.39 is 15.7 Å². The Hall–Kier alpha value is -4.26. The van der Waals surface area contributed by atoms with Gasteiger partial charge in [0.05, 0.1) is 11.9 Å². The van der Waals surface area contributed by atoms with Gasteiger partial charge in [0.25, 0.3) is 0 Å². The number of benzene rings is 1. The maximum Gasteiger partial charge on any atom is 0.247 e. The zero-order valence-corrected chi connectivity index (χ0v) is 18.1. The fourth-order valence-corrected chi connectivity index (χ4v) is 3.60. The summed E-state index contributed by atoms with van der Waals surface area (Å²) in [5.74, 6) is 0.360. The van der Waals surface area contributed by atoms with Gasteiger partial charge in [-0.25, -0.2) is 42.2 Å². The lowest BCUT2D eigenvalue weighted by Gasteiger charge is -2.14. The molecule has 5 rings (SSSR count). The van der Waals surface area contributed by atoms with Crippen LogP contribution in [-0.4, -0.2) is 49.2 Å². The van der Waals surface area contributed by atoms with Crippen LogP contribution in [0.15, 0.2) is 54.5 Å². The quantitative estimate of drug-likeness (QED) is 0.385. The second-order valence-corrected chi connectivity index (χ2v) is 8.99. The topological polar surface area (TPSA) is 137 Å². The first-order chi connectivity index (χ1) is 15.8. The average molecular weight is 466 g/mol. The van der Waals surface area contributed by atoms with Crippen molar-refractivity contribution in [3.63, 3.8) is 0 Å². The van der Waals surface area contributed by atoms with Crippen molar-refractivity contribution >= 4 is 38.0 Å². The van der Waals surface area contributed by atoms with Crippen LogP contribution in [0.3, 0.4) is 0 Å². The van der Waals surface area contributed by atoms with Gasteiger partial charge in [-0.05, 0) is 25.1 Å². The van der Waals surface area contributed by atoms with Crippen molar-refractivity contribution in [3.05, 3.63) is 60.7 Å². The molecule has 0 saturated carbocycles. The van der Waals surface area contributed by atoms with Gasteiger partial charge in [0.1, 0.15) is 35.2 Å². The predicted molar refractivity (Wildman–Crippen MR) is 116 cm³/mol. The highest BCUT2D eigenvalue weighted by atomic mass is 32.2. The lowest BCUT2D eigenvalue weighted by Crippen LogP contribution is -2.06. The molecule has 0 atom stereocenters. The van der Waals surface area contributed by atoms with E-state index in [1.54, 1.807) is 35.8 Å². The van der Waals surface area contributed by atoms with Crippen molar-refractivity contribution in [2.24, 2.45) is 0 Å². The fourth-order valence-electron chi connectivity index (χ4n) is 3.10. The van der Waals surface area contributed by atoms with Crippen molar-refractivity contribution in [2.75, 3.05) is 11.6 Å². The first-order valence-corrected chi connectivity index (χ1v) is 11.4. The zero-order valence-electron chi connectivity index (χ0n) is 17.3. The van der Waals surface area contributed by atoms with E-state index in [2.05, 4.69) is 35.3 Å². The first-order valence-electron chi connectivity index (χ1n) is 9.51. The molecular weight excluding hydrogens is 451 g/mol. The molecule has 0 saturated heterocycles. The SMILES string of the molecule is Cc1c(Oc2ccn3ncnc3c2)ccc(Nc2ncnc3cnc(S(C)(=O)=O)nc23)c1F. The number of halogens is 1. The van der Waals surface area contributed by atoms with Crippen LogP contribution in [0.2, 0.25) is 0 Å². The van der Waals surface area contributed by atoms with Crippen LogP contribution >= 0.6 is 0 Å². The van der Waals surface area contributed by atoms with Crippen molar-refractivity contribution in [1.29, 1.82) is 0 Å². The monoisotopic (exact) mass is 466 g/mol. The lowest BCUT2D eigenvalue weighted by atomic mass is 10.1. The van der Waals surface area contributed by atoms with Crippen LogP contribution in [0.25, 0.3) is 16.7 Å². The number of rotatable bonds is 5. The zero-order chi connectivity index (χ0) is 23.2. The van der Waals surface area contributed by atoms with Crippen LogP contribution in [0.5, 0.6) is 11.5 Å². The summed E-state index contributed by atoms with van der Waals surface area (Å²) in [6, 6.07) is 6.47. The standard InChI is InChI=1S/C20H15FN8O3S/c1-11-15(32-12-5-6-29-16(7-12)24-10-26-29)4-3-13(17(11)21)27-19-18-14(23-9-25-19)8-22-20(28-18)33(2,30)31/h3-10H,1-2H3,(H,23,25,27). The summed E-state index contributed by atoms with van der Waals surface area (Å²) in [5, 5.41) is 6.50. The third-order valence-electron chi connectivity index (χ3n) is 4.76. The van der Waals surface area contributed by atoms with Gasteiger partial charge in [0.2, 0.25) is 15.0 Å². The number of aromatic nitrogens is 7. The Labute approximate surface area is 186 Å². The molecular formula is C20H15FN8O3S. The van der Waals surface area contributed by atoms with Crippen molar-refractivity contribution in [2.45, 2.75) is 12.1 Å². The van der Waals surface area contributed by atoms with Crippen LogP contribution in [0.1, 0.15) is 5.56 Å². The highest BCUT2D eigenvalue weighted by Gasteiger charge is 2.17. The number of sulfone groups is 1. The molecule has 1 aromatic carbocycles. The van der Waals surface area contributed by atoms with Gasteiger partial charge in [0.15, 0.2) is 17.3 Å². The normalized spacial score (nSPS) is 11.7. The molecule has 5 aromatic rings. The molecule has 1 N–H and O–H groups in total. The Morgan fingerprint density at radius 1 is 1.09 bits per heavy atom. The van der Waals surface area contributed by atoms with Crippen LogP contribution < -0.4 is 10.1 Å². The Balaban J connectivity index is 1.48. The van der Waals surface area contributed by atoms with Gasteiger partial charge >= 0.3 is 0 Å². The lowest BCUT2D eigenvalue weighted by molar-refractivity contribution is 0.471. The van der Waals surface area contributed by atoms with Gasteiger partial charge in [-0.15, -0.1) is 0 Å². The van der Waals surface area contributed by atoms with Gasteiger partial charge in [0, 0.05) is 24.1 Å². The number of pyridine rings is 1. The third-order valence-corrected chi connectivity index (χ3v) is 5.62. The summed E-state index contributed by atoms with van der Waals surface area (Å²) < 4.78 is 46.2. The first kappa shape index (κ1) is 20.6. The van der Waals surface area contributed by atoms with Crippen LogP contribution in [0.4, 0.5) is 15.9 Å². The molecule has 11 nitrogen and oxygen atoms in total. The minimum absolute atomic E-state index is 0.104. The van der Waals surface area contributed by atoms with Gasteiger partial charge in [-0.3, -0.25) is 0 Å². The Morgan fingerprint density at radius 3 is 2.76 bits per heavy atom. The molecule has 0 aliphatic rings. The van der Waals surface area contributed by atoms with Gasteiger partial charge in [-0.1, -0.05) is 0 Å². The number of hydrogen-bond donors (Lipinski definition) is 1. The molecule has 166 valence electrons. The van der Waals surface area contributed by atoms with Crippen molar-refractivity contribution in [1.82, 2.24) is 34.5 Å². The number of nitrogens with zero attached hydrogens (tertiary/aromatic N) is 7. The average Bonchev–Trinajstić information content (AvgIpc) is 3.26. The number of nitrogens with one attached hydrogen (secondary N) is 1. The molecule has 0 spiro atoms. The van der Waals surface area contributed by atoms with Gasteiger partial charge < -0.3 is 10.1 Å². The molecule has 0 bridgehead atoms. The summed E-state index contributed by atoms with van der Waals surface area (Å²) >= 11 is 0. The van der Waals surface area contributed by atoms with E-state index in [9.17, 15) is 8.42 Å². The number of hydrogen-bond acceptors (Lipinski definition) is 10. The fraction of sp³-hybridized carbons (Fsp3) is 0.100. The summed E-state index contributed by atoms with van der Waals surface area (Å²) in [7, 11) is -3.65. The van der Waals surface area contributed by atoms with E-state index in [1.165, 1.54) is 24.9 Å². The molecule has 0 unspecified atom stereocenters. The highest BCUT2D eigenvalue weighted by molar-refractivity contribution is 7.90. The minimum Gasteiger partial charge on any atom is -0.457 e. The van der Waals surface area contributed by atoms with E-state index in [1.807, 2.05) is 0 Å². The Kier molecular flexibility index (Phi) is 4.82. The molecule has 13 heteroatoms. The van der Waals surface area contributed by atoms with Crippen molar-refractivity contribution in [3.8, 4) is 11.5 Å². The van der Waals surface area contributed by atoms with E-state index in [-0.39, 0.29) is 27.7 Å². The predicted octanol–water partition coefficient (Wildman–Crippen LogP) is 2.85. The number of fused-ring (bicyclic) bond motifs is 2. The molecule has 4 aromatic heterocycles. The second kappa shape index (κ2) is 7.70. The smallest absolute Gasteiger partial charge is 0.247 e. The van der Waals surface area contributed by atoms with E-state index in [4.69, 9.17) is 4.74 Å². The van der Waals surface area contributed by atoms with Crippen LogP contribution in [0, 0.1) is 12.7 Å².